The number of hydrogen-bond acceptors (Lipinski definition) is 2. The molecule has 0 fully saturated rings. The van der Waals surface area contributed by atoms with E-state index in [9.17, 15) is 0 Å². The minimum atomic E-state index is 0.693. The number of nitrogens with two attached hydrogens (primary N) is 1. The van der Waals surface area contributed by atoms with Crippen LogP contribution in [0.15, 0.2) is 18.2 Å². The Morgan fingerprint density at radius 3 is 2.47 bits per heavy atom. The van der Waals surface area contributed by atoms with Gasteiger partial charge in [0.2, 0.25) is 0 Å². The van der Waals surface area contributed by atoms with Crippen LogP contribution in [0.25, 0.3) is 5.69 Å². The maximum atomic E-state index is 5.61. The minimum Gasteiger partial charge on any atom is -0.330 e. The van der Waals surface area contributed by atoms with E-state index in [1.165, 1.54) is 28.1 Å². The molecule has 0 spiro atoms. The monoisotopic (exact) mass is 257 g/mol. The highest BCUT2D eigenvalue weighted by Crippen LogP contribution is 2.21. The van der Waals surface area contributed by atoms with Crippen LogP contribution in [0, 0.1) is 20.8 Å². The fourth-order valence-corrected chi connectivity index (χ4v) is 2.70. The molecule has 0 aliphatic heterocycles. The molecular formula is C16H23N3. The fraction of sp³-hybridized carbons (Fsp3) is 0.438. The van der Waals surface area contributed by atoms with Gasteiger partial charge in [0.1, 0.15) is 0 Å². The Morgan fingerprint density at radius 2 is 1.95 bits per heavy atom. The second-order valence-electron chi connectivity index (χ2n) is 5.07. The number of hydrogen-bond donors (Lipinski definition) is 1. The predicted molar refractivity (Wildman–Crippen MR) is 79.9 cm³/mol. The van der Waals surface area contributed by atoms with Crippen molar-refractivity contribution in [2.45, 2.75) is 40.5 Å². The maximum Gasteiger partial charge on any atom is 0.0678 e. The molecule has 0 radical (unpaired) electrons. The zero-order chi connectivity index (χ0) is 14.0. The number of benzene rings is 1. The Kier molecular flexibility index (Phi) is 4.05. The van der Waals surface area contributed by atoms with Gasteiger partial charge in [-0.1, -0.05) is 19.1 Å². The van der Waals surface area contributed by atoms with E-state index in [2.05, 4.69) is 55.7 Å². The number of aryl methyl sites for hydroxylation is 2. The van der Waals surface area contributed by atoms with Crippen molar-refractivity contribution >= 4 is 0 Å². The summed E-state index contributed by atoms with van der Waals surface area (Å²) in [5.74, 6) is 0. The van der Waals surface area contributed by atoms with Gasteiger partial charge in [0, 0.05) is 5.69 Å². The first-order chi connectivity index (χ1) is 9.08. The third-order valence-electron chi connectivity index (χ3n) is 3.72. The summed E-state index contributed by atoms with van der Waals surface area (Å²) in [7, 11) is 0. The summed E-state index contributed by atoms with van der Waals surface area (Å²) in [4.78, 5) is 0. The van der Waals surface area contributed by atoms with Crippen molar-refractivity contribution in [1.82, 2.24) is 9.78 Å². The zero-order valence-electron chi connectivity index (χ0n) is 12.3. The first kappa shape index (κ1) is 13.8. The molecule has 102 valence electrons. The summed E-state index contributed by atoms with van der Waals surface area (Å²) in [6, 6.07) is 6.51. The van der Waals surface area contributed by atoms with E-state index in [-0.39, 0.29) is 0 Å². The lowest BCUT2D eigenvalue weighted by molar-refractivity contribution is 0.824. The summed E-state index contributed by atoms with van der Waals surface area (Å²) in [6.45, 7) is 9.24. The van der Waals surface area contributed by atoms with E-state index >= 15 is 0 Å². The average molecular weight is 257 g/mol. The van der Waals surface area contributed by atoms with Gasteiger partial charge in [0.25, 0.3) is 0 Å². The highest BCUT2D eigenvalue weighted by Gasteiger charge is 2.12. The van der Waals surface area contributed by atoms with Crippen LogP contribution in [0.4, 0.5) is 0 Å². The predicted octanol–water partition coefficient (Wildman–Crippen LogP) is 2.86. The molecule has 0 bridgehead atoms. The molecule has 0 saturated heterocycles. The molecule has 1 aromatic heterocycles. The van der Waals surface area contributed by atoms with Crippen molar-refractivity contribution in [1.29, 1.82) is 0 Å². The molecule has 0 unspecified atom stereocenters. The molecule has 1 aromatic carbocycles. The van der Waals surface area contributed by atoms with E-state index in [0.29, 0.717) is 6.54 Å². The van der Waals surface area contributed by atoms with Gasteiger partial charge in [-0.05, 0) is 62.9 Å². The topological polar surface area (TPSA) is 43.8 Å². The fourth-order valence-electron chi connectivity index (χ4n) is 2.70. The lowest BCUT2D eigenvalue weighted by atomic mass is 10.1. The molecule has 3 heteroatoms. The van der Waals surface area contributed by atoms with Crippen LogP contribution in [0.5, 0.6) is 0 Å². The highest BCUT2D eigenvalue weighted by molar-refractivity contribution is 5.45. The third-order valence-corrected chi connectivity index (χ3v) is 3.72. The molecular weight excluding hydrogens is 234 g/mol. The van der Waals surface area contributed by atoms with Gasteiger partial charge in [0.15, 0.2) is 0 Å². The molecule has 2 aromatic rings. The zero-order valence-corrected chi connectivity index (χ0v) is 12.3. The second-order valence-corrected chi connectivity index (χ2v) is 5.07. The molecule has 19 heavy (non-hydrogen) atoms. The van der Waals surface area contributed by atoms with Crippen molar-refractivity contribution in [3.8, 4) is 5.69 Å². The van der Waals surface area contributed by atoms with Crippen LogP contribution < -0.4 is 5.73 Å². The van der Waals surface area contributed by atoms with Crippen molar-refractivity contribution < 1.29 is 0 Å². The van der Waals surface area contributed by atoms with Crippen LogP contribution in [-0.4, -0.2) is 16.3 Å². The van der Waals surface area contributed by atoms with Gasteiger partial charge < -0.3 is 5.73 Å². The molecule has 0 atom stereocenters. The summed E-state index contributed by atoms with van der Waals surface area (Å²) < 4.78 is 2.07. The smallest absolute Gasteiger partial charge is 0.0678 e. The normalized spacial score (nSPS) is 11.0. The van der Waals surface area contributed by atoms with E-state index in [1.54, 1.807) is 0 Å². The number of nitrogens with zero attached hydrogens (tertiary/aromatic N) is 2. The van der Waals surface area contributed by atoms with Gasteiger partial charge in [-0.3, -0.25) is 0 Å². The summed E-state index contributed by atoms with van der Waals surface area (Å²) in [6.07, 6.45) is 1.96. The first-order valence-electron chi connectivity index (χ1n) is 6.93. The Hall–Kier alpha value is -1.61. The van der Waals surface area contributed by atoms with Gasteiger partial charge in [0.05, 0.1) is 11.4 Å². The average Bonchev–Trinajstić information content (AvgIpc) is 2.65. The van der Waals surface area contributed by atoms with Crippen molar-refractivity contribution in [2.75, 3.05) is 6.54 Å². The van der Waals surface area contributed by atoms with Crippen LogP contribution in [-0.2, 0) is 12.8 Å². The lowest BCUT2D eigenvalue weighted by Crippen LogP contribution is -2.05. The first-order valence-corrected chi connectivity index (χ1v) is 6.93. The van der Waals surface area contributed by atoms with E-state index in [1.807, 2.05) is 0 Å². The maximum absolute atomic E-state index is 5.61. The molecule has 0 aliphatic rings. The van der Waals surface area contributed by atoms with Crippen LogP contribution in [0.1, 0.15) is 35.0 Å². The molecule has 0 amide bonds. The Bertz CT molecular complexity index is 582. The molecule has 2 rings (SSSR count). The highest BCUT2D eigenvalue weighted by atomic mass is 15.3. The summed E-state index contributed by atoms with van der Waals surface area (Å²) in [5, 5.41) is 4.68. The number of rotatable bonds is 4. The van der Waals surface area contributed by atoms with Crippen LogP contribution in [0.3, 0.4) is 0 Å². The van der Waals surface area contributed by atoms with Crippen molar-refractivity contribution in [3.63, 3.8) is 0 Å². The van der Waals surface area contributed by atoms with E-state index in [0.717, 1.165) is 18.5 Å². The number of aromatic nitrogens is 2. The largest absolute Gasteiger partial charge is 0.330 e. The van der Waals surface area contributed by atoms with Gasteiger partial charge in [-0.15, -0.1) is 0 Å². The molecule has 2 N–H and O–H groups in total. The minimum absolute atomic E-state index is 0.693. The van der Waals surface area contributed by atoms with Gasteiger partial charge in [-0.2, -0.15) is 5.10 Å². The van der Waals surface area contributed by atoms with Gasteiger partial charge >= 0.3 is 0 Å². The van der Waals surface area contributed by atoms with Crippen molar-refractivity contribution in [3.05, 3.63) is 46.3 Å². The van der Waals surface area contributed by atoms with Crippen LogP contribution in [0.2, 0.25) is 0 Å². The molecule has 0 aliphatic carbocycles. The Balaban J connectivity index is 2.47. The Labute approximate surface area is 115 Å². The third kappa shape index (κ3) is 2.56. The van der Waals surface area contributed by atoms with E-state index < -0.39 is 0 Å². The van der Waals surface area contributed by atoms with Crippen LogP contribution >= 0.6 is 0 Å². The van der Waals surface area contributed by atoms with Crippen molar-refractivity contribution in [2.24, 2.45) is 5.73 Å². The molecule has 3 nitrogen and oxygen atoms in total. The molecule has 0 saturated carbocycles. The lowest BCUT2D eigenvalue weighted by Gasteiger charge is -2.10. The summed E-state index contributed by atoms with van der Waals surface area (Å²) >= 11 is 0. The summed E-state index contributed by atoms with van der Waals surface area (Å²) in [5.41, 5.74) is 13.0. The van der Waals surface area contributed by atoms with E-state index in [4.69, 9.17) is 5.73 Å². The van der Waals surface area contributed by atoms with Gasteiger partial charge in [-0.25, -0.2) is 4.68 Å². The molecule has 1 heterocycles. The second kappa shape index (κ2) is 5.57. The Morgan fingerprint density at radius 1 is 1.21 bits per heavy atom. The SMILES string of the molecule is CCc1c(C)nn(-c2ccc(CCN)cc2C)c1C. The quantitative estimate of drug-likeness (QED) is 0.915. The standard InChI is InChI=1S/C16H23N3/c1-5-15-12(3)18-19(13(15)4)16-7-6-14(8-9-17)10-11(16)2/h6-7,10H,5,8-9,17H2,1-4H3.